The molecule has 0 aliphatic heterocycles. The predicted octanol–water partition coefficient (Wildman–Crippen LogP) is 2.27. The number of hydrogen-bond acceptors (Lipinski definition) is 3. The highest BCUT2D eigenvalue weighted by molar-refractivity contribution is 6.31. The van der Waals surface area contributed by atoms with E-state index in [1.165, 1.54) is 6.92 Å². The molecule has 0 radical (unpaired) electrons. The Morgan fingerprint density at radius 2 is 2.36 bits per heavy atom. The summed E-state index contributed by atoms with van der Waals surface area (Å²) in [5.41, 5.74) is 1.18. The topological polar surface area (TPSA) is 50.1 Å². The maximum atomic E-state index is 10.5. The highest BCUT2D eigenvalue weighted by Gasteiger charge is 2.03. The Kier molecular flexibility index (Phi) is 3.49. The molecular weight excluding hydrogens is 202 g/mol. The van der Waals surface area contributed by atoms with Gasteiger partial charge >= 0.3 is 5.97 Å². The van der Waals surface area contributed by atoms with Gasteiger partial charge in [-0.1, -0.05) is 17.7 Å². The minimum absolute atomic E-state index is 0.139. The summed E-state index contributed by atoms with van der Waals surface area (Å²) in [5.74, 6) is -0.356. The Labute approximate surface area is 86.9 Å². The third-order valence-electron chi connectivity index (χ3n) is 1.61. The van der Waals surface area contributed by atoms with Crippen LogP contribution < -0.4 is 0 Å². The van der Waals surface area contributed by atoms with Gasteiger partial charge in [-0.15, -0.1) is 0 Å². The molecule has 0 amide bonds. The molecule has 0 fully saturated rings. The molecule has 0 aliphatic carbocycles. The van der Waals surface area contributed by atoms with E-state index < -0.39 is 0 Å². The molecule has 0 aliphatic rings. The number of nitriles is 1. The number of carbonyl (C=O) groups excluding carboxylic acids is 1. The molecule has 0 saturated carbocycles. The van der Waals surface area contributed by atoms with Gasteiger partial charge in [0, 0.05) is 17.5 Å². The Bertz CT molecular complexity index is 396. The number of nitrogens with zero attached hydrogens (tertiary/aromatic N) is 1. The lowest BCUT2D eigenvalue weighted by molar-refractivity contribution is -0.142. The Morgan fingerprint density at radius 1 is 1.64 bits per heavy atom. The number of hydrogen-bond donors (Lipinski definition) is 0. The second-order valence-electron chi connectivity index (χ2n) is 2.70. The van der Waals surface area contributed by atoms with Crippen LogP contribution in [0.25, 0.3) is 0 Å². The molecule has 0 bridgehead atoms. The van der Waals surface area contributed by atoms with Gasteiger partial charge in [0.2, 0.25) is 0 Å². The minimum atomic E-state index is -0.356. The van der Waals surface area contributed by atoms with E-state index >= 15 is 0 Å². The summed E-state index contributed by atoms with van der Waals surface area (Å²) in [6.45, 7) is 1.47. The van der Waals surface area contributed by atoms with Crippen LogP contribution in [0.2, 0.25) is 5.02 Å². The number of benzene rings is 1. The van der Waals surface area contributed by atoms with Gasteiger partial charge in [-0.3, -0.25) is 4.79 Å². The van der Waals surface area contributed by atoms with Crippen molar-refractivity contribution in [2.24, 2.45) is 0 Å². The fourth-order valence-electron chi connectivity index (χ4n) is 0.913. The van der Waals surface area contributed by atoms with E-state index in [4.69, 9.17) is 21.6 Å². The van der Waals surface area contributed by atoms with Crippen molar-refractivity contribution in [1.29, 1.82) is 5.26 Å². The zero-order valence-corrected chi connectivity index (χ0v) is 8.34. The van der Waals surface area contributed by atoms with Crippen molar-refractivity contribution in [1.82, 2.24) is 0 Å². The van der Waals surface area contributed by atoms with E-state index in [0.29, 0.717) is 16.1 Å². The molecule has 0 atom stereocenters. The van der Waals surface area contributed by atoms with Crippen LogP contribution >= 0.6 is 11.6 Å². The Balaban J connectivity index is 2.80. The van der Waals surface area contributed by atoms with Crippen LogP contribution in [0.15, 0.2) is 18.2 Å². The van der Waals surface area contributed by atoms with E-state index in [0.717, 1.165) is 0 Å². The van der Waals surface area contributed by atoms with Crippen molar-refractivity contribution in [3.8, 4) is 6.07 Å². The van der Waals surface area contributed by atoms with Crippen LogP contribution in [0, 0.1) is 11.3 Å². The van der Waals surface area contributed by atoms with Crippen LogP contribution in [0.3, 0.4) is 0 Å². The van der Waals surface area contributed by atoms with E-state index in [1.807, 2.05) is 6.07 Å². The van der Waals surface area contributed by atoms with Crippen molar-refractivity contribution in [3.05, 3.63) is 34.3 Å². The van der Waals surface area contributed by atoms with Crippen molar-refractivity contribution < 1.29 is 9.53 Å². The average molecular weight is 210 g/mol. The van der Waals surface area contributed by atoms with E-state index in [1.54, 1.807) is 18.2 Å². The summed E-state index contributed by atoms with van der Waals surface area (Å²) >= 11 is 5.85. The van der Waals surface area contributed by atoms with Gasteiger partial charge in [-0.05, 0) is 12.1 Å². The van der Waals surface area contributed by atoms with Crippen molar-refractivity contribution in [3.63, 3.8) is 0 Å². The summed E-state index contributed by atoms with van der Waals surface area (Å²) in [4.78, 5) is 10.5. The standard InChI is InChI=1S/C10H8ClNO2/c1-7(13)14-6-9-3-2-8(5-12)4-10(9)11/h2-4H,6H2,1H3. The number of halogens is 1. The number of esters is 1. The number of ether oxygens (including phenoxy) is 1. The van der Waals surface area contributed by atoms with Gasteiger partial charge in [0.05, 0.1) is 11.6 Å². The largest absolute Gasteiger partial charge is 0.461 e. The van der Waals surface area contributed by atoms with Gasteiger partial charge in [0.25, 0.3) is 0 Å². The molecule has 14 heavy (non-hydrogen) atoms. The zero-order chi connectivity index (χ0) is 10.6. The molecule has 0 saturated heterocycles. The quantitative estimate of drug-likeness (QED) is 0.702. The molecule has 72 valence electrons. The Morgan fingerprint density at radius 3 is 2.86 bits per heavy atom. The molecule has 0 aromatic heterocycles. The lowest BCUT2D eigenvalue weighted by atomic mass is 10.1. The molecule has 0 N–H and O–H groups in total. The first-order valence-corrected chi connectivity index (χ1v) is 4.33. The maximum absolute atomic E-state index is 10.5. The predicted molar refractivity (Wildman–Crippen MR) is 51.6 cm³/mol. The van der Waals surface area contributed by atoms with E-state index in [2.05, 4.69) is 0 Å². The normalized spacial score (nSPS) is 9.21. The molecule has 1 aromatic carbocycles. The molecule has 1 aromatic rings. The summed E-state index contributed by atoms with van der Waals surface area (Å²) in [6, 6.07) is 6.81. The highest BCUT2D eigenvalue weighted by Crippen LogP contribution is 2.18. The fourth-order valence-corrected chi connectivity index (χ4v) is 1.15. The zero-order valence-electron chi connectivity index (χ0n) is 7.58. The lowest BCUT2D eigenvalue weighted by Crippen LogP contribution is -1.99. The van der Waals surface area contributed by atoms with Gasteiger partial charge in [-0.25, -0.2) is 0 Å². The molecule has 3 nitrogen and oxygen atoms in total. The van der Waals surface area contributed by atoms with E-state index in [9.17, 15) is 4.79 Å². The smallest absolute Gasteiger partial charge is 0.302 e. The third-order valence-corrected chi connectivity index (χ3v) is 1.96. The molecule has 0 spiro atoms. The summed E-state index contributed by atoms with van der Waals surface area (Å²) in [7, 11) is 0. The second-order valence-corrected chi connectivity index (χ2v) is 3.11. The van der Waals surface area contributed by atoms with Crippen LogP contribution in [0.5, 0.6) is 0 Å². The van der Waals surface area contributed by atoms with Crippen molar-refractivity contribution >= 4 is 17.6 Å². The van der Waals surface area contributed by atoms with Gasteiger partial charge in [0.1, 0.15) is 6.61 Å². The highest BCUT2D eigenvalue weighted by atomic mass is 35.5. The molecule has 1 rings (SSSR count). The Hall–Kier alpha value is -1.53. The first-order chi connectivity index (χ1) is 6.63. The third kappa shape index (κ3) is 2.75. The fraction of sp³-hybridized carbons (Fsp3) is 0.200. The minimum Gasteiger partial charge on any atom is -0.461 e. The van der Waals surface area contributed by atoms with Crippen LogP contribution in [-0.2, 0) is 16.1 Å². The number of carbonyl (C=O) groups is 1. The summed E-state index contributed by atoms with van der Waals surface area (Å²) in [5, 5.41) is 9.01. The SMILES string of the molecule is CC(=O)OCc1ccc(C#N)cc1Cl. The first-order valence-electron chi connectivity index (χ1n) is 3.95. The summed E-state index contributed by atoms with van der Waals surface area (Å²) in [6.07, 6.45) is 0. The first kappa shape index (κ1) is 10.6. The second kappa shape index (κ2) is 4.64. The molecule has 4 heteroatoms. The van der Waals surface area contributed by atoms with Gasteiger partial charge in [-0.2, -0.15) is 5.26 Å². The van der Waals surface area contributed by atoms with Gasteiger partial charge < -0.3 is 4.74 Å². The number of rotatable bonds is 2. The van der Waals surface area contributed by atoms with Gasteiger partial charge in [0.15, 0.2) is 0 Å². The average Bonchev–Trinajstić information content (AvgIpc) is 2.15. The van der Waals surface area contributed by atoms with E-state index in [-0.39, 0.29) is 12.6 Å². The van der Waals surface area contributed by atoms with Crippen LogP contribution in [-0.4, -0.2) is 5.97 Å². The maximum Gasteiger partial charge on any atom is 0.302 e. The molecule has 0 unspecified atom stereocenters. The monoisotopic (exact) mass is 209 g/mol. The van der Waals surface area contributed by atoms with Crippen molar-refractivity contribution in [2.45, 2.75) is 13.5 Å². The van der Waals surface area contributed by atoms with Crippen LogP contribution in [0.1, 0.15) is 18.1 Å². The lowest BCUT2D eigenvalue weighted by Gasteiger charge is -2.04. The summed E-state index contributed by atoms with van der Waals surface area (Å²) < 4.78 is 4.78. The van der Waals surface area contributed by atoms with Crippen molar-refractivity contribution in [2.75, 3.05) is 0 Å². The molecular formula is C10H8ClNO2. The molecule has 0 heterocycles. The van der Waals surface area contributed by atoms with Crippen LogP contribution in [0.4, 0.5) is 0 Å².